The average Bonchev–Trinajstić information content (AvgIpc) is 3.09. The molecule has 0 aliphatic heterocycles. The Morgan fingerprint density at radius 3 is 1.42 bits per heavy atom. The van der Waals surface area contributed by atoms with Crippen LogP contribution < -0.4 is 4.90 Å². The molecule has 1 nitrogen and oxygen atoms in total. The maximum absolute atomic E-state index is 2.41. The first-order valence-corrected chi connectivity index (χ1v) is 14.8. The van der Waals surface area contributed by atoms with Crippen LogP contribution in [0.4, 0.5) is 17.1 Å². The first-order chi connectivity index (χ1) is 21.3. The van der Waals surface area contributed by atoms with Crippen molar-refractivity contribution in [1.29, 1.82) is 0 Å². The molecule has 8 aromatic rings. The van der Waals surface area contributed by atoms with Crippen LogP contribution in [0.5, 0.6) is 0 Å². The van der Waals surface area contributed by atoms with E-state index in [1.807, 2.05) is 0 Å². The fourth-order valence-corrected chi connectivity index (χ4v) is 6.37. The molecule has 0 aromatic heterocycles. The van der Waals surface area contributed by atoms with Gasteiger partial charge in [-0.05, 0) is 79.5 Å². The van der Waals surface area contributed by atoms with E-state index in [1.54, 1.807) is 0 Å². The lowest BCUT2D eigenvalue weighted by Crippen LogP contribution is -2.10. The molecule has 0 N–H and O–H groups in total. The second-order valence-corrected chi connectivity index (χ2v) is 11.0. The highest BCUT2D eigenvalue weighted by Gasteiger charge is 2.18. The molecule has 0 spiro atoms. The number of rotatable bonds is 5. The minimum absolute atomic E-state index is 1.12. The van der Waals surface area contributed by atoms with Gasteiger partial charge < -0.3 is 4.90 Å². The quantitative estimate of drug-likeness (QED) is 0.194. The van der Waals surface area contributed by atoms with Crippen molar-refractivity contribution in [3.05, 3.63) is 176 Å². The summed E-state index contributed by atoms with van der Waals surface area (Å²) in [6.45, 7) is 0. The van der Waals surface area contributed by atoms with Crippen molar-refractivity contribution >= 4 is 49.4 Å². The maximum atomic E-state index is 2.41. The standard InChI is InChI=1S/C42H29N/c1-3-12-30(13-4-1)33-17-9-19-35(28-33)43(36-20-10-18-34(29-36)31-14-5-2-6-15-31)42-23-11-22-38-40-25-24-32-16-7-8-21-37(32)39(40)26-27-41(38)42/h1-29H. The molecule has 0 amide bonds. The summed E-state index contributed by atoms with van der Waals surface area (Å²) in [4.78, 5) is 2.41. The fourth-order valence-electron chi connectivity index (χ4n) is 6.37. The van der Waals surface area contributed by atoms with Gasteiger partial charge in [-0.25, -0.2) is 0 Å². The van der Waals surface area contributed by atoms with Crippen molar-refractivity contribution in [1.82, 2.24) is 0 Å². The Bertz CT molecular complexity index is 2150. The van der Waals surface area contributed by atoms with Crippen LogP contribution in [-0.2, 0) is 0 Å². The van der Waals surface area contributed by atoms with Crippen molar-refractivity contribution < 1.29 is 0 Å². The van der Waals surface area contributed by atoms with Crippen LogP contribution in [0.2, 0.25) is 0 Å². The van der Waals surface area contributed by atoms with Gasteiger partial charge in [-0.2, -0.15) is 0 Å². The molecule has 202 valence electrons. The highest BCUT2D eigenvalue weighted by atomic mass is 15.1. The van der Waals surface area contributed by atoms with Crippen LogP contribution in [0, 0.1) is 0 Å². The molecule has 0 saturated carbocycles. The zero-order valence-corrected chi connectivity index (χ0v) is 23.7. The molecule has 0 radical (unpaired) electrons. The van der Waals surface area contributed by atoms with Crippen molar-refractivity contribution in [3.8, 4) is 22.3 Å². The summed E-state index contributed by atoms with van der Waals surface area (Å²) >= 11 is 0. The Kier molecular flexibility index (Phi) is 6.20. The normalized spacial score (nSPS) is 11.3. The van der Waals surface area contributed by atoms with Crippen molar-refractivity contribution in [3.63, 3.8) is 0 Å². The summed E-state index contributed by atoms with van der Waals surface area (Å²) in [6, 6.07) is 63.5. The fraction of sp³-hybridized carbons (Fsp3) is 0. The zero-order valence-electron chi connectivity index (χ0n) is 23.7. The lowest BCUT2D eigenvalue weighted by Gasteiger charge is -2.28. The third-order valence-corrected chi connectivity index (χ3v) is 8.42. The zero-order chi connectivity index (χ0) is 28.6. The predicted octanol–water partition coefficient (Wildman–Crippen LogP) is 11.9. The van der Waals surface area contributed by atoms with Crippen LogP contribution in [0.1, 0.15) is 0 Å². The highest BCUT2D eigenvalue weighted by molar-refractivity contribution is 6.19. The summed E-state index contributed by atoms with van der Waals surface area (Å²) in [6.07, 6.45) is 0. The smallest absolute Gasteiger partial charge is 0.0540 e. The van der Waals surface area contributed by atoms with E-state index in [4.69, 9.17) is 0 Å². The molecule has 8 aromatic carbocycles. The molecule has 0 fully saturated rings. The third kappa shape index (κ3) is 4.52. The minimum atomic E-state index is 1.12. The Labute approximate surface area is 251 Å². The van der Waals surface area contributed by atoms with E-state index in [1.165, 1.54) is 54.6 Å². The third-order valence-electron chi connectivity index (χ3n) is 8.42. The van der Waals surface area contributed by atoms with Gasteiger partial charge in [0, 0.05) is 16.8 Å². The molecule has 0 heterocycles. The molecule has 0 aliphatic rings. The van der Waals surface area contributed by atoms with Crippen LogP contribution in [0.25, 0.3) is 54.6 Å². The number of fused-ring (bicyclic) bond motifs is 5. The van der Waals surface area contributed by atoms with E-state index >= 15 is 0 Å². The number of hydrogen-bond donors (Lipinski definition) is 0. The highest BCUT2D eigenvalue weighted by Crippen LogP contribution is 2.43. The van der Waals surface area contributed by atoms with Gasteiger partial charge in [0.2, 0.25) is 0 Å². The molecule has 0 atom stereocenters. The molecule has 0 unspecified atom stereocenters. The Morgan fingerprint density at radius 2 is 0.744 bits per heavy atom. The minimum Gasteiger partial charge on any atom is -0.310 e. The van der Waals surface area contributed by atoms with Crippen LogP contribution in [0.3, 0.4) is 0 Å². The summed E-state index contributed by atoms with van der Waals surface area (Å²) in [5, 5.41) is 7.59. The number of hydrogen-bond acceptors (Lipinski definition) is 1. The van der Waals surface area contributed by atoms with Crippen molar-refractivity contribution in [2.24, 2.45) is 0 Å². The number of anilines is 3. The molecular weight excluding hydrogens is 518 g/mol. The molecule has 1 heteroatoms. The second-order valence-electron chi connectivity index (χ2n) is 11.0. The lowest BCUT2D eigenvalue weighted by atomic mass is 9.95. The Hall–Kier alpha value is -5.66. The Morgan fingerprint density at radius 1 is 0.279 bits per heavy atom. The largest absolute Gasteiger partial charge is 0.310 e. The summed E-state index contributed by atoms with van der Waals surface area (Å²) in [5.41, 5.74) is 8.20. The van der Waals surface area contributed by atoms with Gasteiger partial charge >= 0.3 is 0 Å². The van der Waals surface area contributed by atoms with Crippen molar-refractivity contribution in [2.75, 3.05) is 4.90 Å². The van der Waals surface area contributed by atoms with Crippen LogP contribution in [-0.4, -0.2) is 0 Å². The Balaban J connectivity index is 1.37. The van der Waals surface area contributed by atoms with Gasteiger partial charge in [-0.1, -0.05) is 146 Å². The van der Waals surface area contributed by atoms with E-state index in [0.29, 0.717) is 0 Å². The molecular formula is C42H29N. The molecule has 0 saturated heterocycles. The van der Waals surface area contributed by atoms with Crippen LogP contribution >= 0.6 is 0 Å². The first-order valence-electron chi connectivity index (χ1n) is 14.8. The van der Waals surface area contributed by atoms with Crippen LogP contribution in [0.15, 0.2) is 176 Å². The van der Waals surface area contributed by atoms with E-state index in [2.05, 4.69) is 181 Å². The second kappa shape index (κ2) is 10.6. The molecule has 0 aliphatic carbocycles. The van der Waals surface area contributed by atoms with Gasteiger partial charge in [0.1, 0.15) is 0 Å². The SMILES string of the molecule is c1ccc(-c2cccc(N(c3cccc(-c4ccccc4)c3)c3cccc4c3ccc3c5ccccc5ccc43)c2)cc1. The number of benzene rings is 8. The van der Waals surface area contributed by atoms with E-state index in [-0.39, 0.29) is 0 Å². The maximum Gasteiger partial charge on any atom is 0.0540 e. The monoisotopic (exact) mass is 547 g/mol. The first kappa shape index (κ1) is 25.1. The van der Waals surface area contributed by atoms with Gasteiger partial charge in [0.15, 0.2) is 0 Å². The van der Waals surface area contributed by atoms with Crippen molar-refractivity contribution in [2.45, 2.75) is 0 Å². The molecule has 43 heavy (non-hydrogen) atoms. The summed E-state index contributed by atoms with van der Waals surface area (Å²) in [7, 11) is 0. The predicted molar refractivity (Wildman–Crippen MR) is 185 cm³/mol. The van der Waals surface area contributed by atoms with E-state index in [9.17, 15) is 0 Å². The molecule has 8 rings (SSSR count). The summed E-state index contributed by atoms with van der Waals surface area (Å²) < 4.78 is 0. The van der Waals surface area contributed by atoms with Gasteiger partial charge in [0.05, 0.1) is 5.69 Å². The summed E-state index contributed by atoms with van der Waals surface area (Å²) in [5.74, 6) is 0. The van der Waals surface area contributed by atoms with E-state index in [0.717, 1.165) is 17.1 Å². The molecule has 0 bridgehead atoms. The van der Waals surface area contributed by atoms with Gasteiger partial charge in [-0.15, -0.1) is 0 Å². The topological polar surface area (TPSA) is 3.24 Å². The number of nitrogens with zero attached hydrogens (tertiary/aromatic N) is 1. The van der Waals surface area contributed by atoms with Gasteiger partial charge in [0.25, 0.3) is 0 Å². The average molecular weight is 548 g/mol. The lowest BCUT2D eigenvalue weighted by molar-refractivity contribution is 1.30. The van der Waals surface area contributed by atoms with Gasteiger partial charge in [-0.3, -0.25) is 0 Å². The van der Waals surface area contributed by atoms with E-state index < -0.39 is 0 Å².